The molecule has 5 atom stereocenters. The van der Waals surface area contributed by atoms with Crippen LogP contribution in [0, 0.1) is 0 Å². The van der Waals surface area contributed by atoms with Crippen LogP contribution in [0.4, 0.5) is 0 Å². The lowest BCUT2D eigenvalue weighted by atomic mass is 9.89. The van der Waals surface area contributed by atoms with Crippen molar-refractivity contribution in [2.45, 2.75) is 114 Å². The topological polar surface area (TPSA) is 93.0 Å². The molecule has 5 N–H and O–H groups in total. The number of nitrogens with one attached hydrogen (secondary N) is 1. The molecule has 0 aliphatic carbocycles. The highest BCUT2D eigenvalue weighted by molar-refractivity contribution is 4.92. The van der Waals surface area contributed by atoms with Gasteiger partial charge in [-0.3, -0.25) is 0 Å². The van der Waals surface area contributed by atoms with Crippen molar-refractivity contribution >= 4 is 0 Å². The van der Waals surface area contributed by atoms with Gasteiger partial charge in [0, 0.05) is 6.04 Å². The predicted octanol–water partition coefficient (Wildman–Crippen LogP) is 2.10. The van der Waals surface area contributed by atoms with Crippen LogP contribution in [0.2, 0.25) is 0 Å². The first kappa shape index (κ1) is 21.8. The minimum Gasteiger partial charge on any atom is -0.395 e. The van der Waals surface area contributed by atoms with Crippen LogP contribution in [0.3, 0.4) is 0 Å². The van der Waals surface area contributed by atoms with Crippen LogP contribution in [0.25, 0.3) is 0 Å². The summed E-state index contributed by atoms with van der Waals surface area (Å²) in [6.45, 7) is 2.03. The molecule has 0 aromatic carbocycles. The van der Waals surface area contributed by atoms with Crippen molar-refractivity contribution in [1.29, 1.82) is 0 Å². The zero-order valence-electron chi connectivity index (χ0n) is 15.4. The third-order valence-corrected chi connectivity index (χ3v) is 5.18. The maximum Gasteiger partial charge on any atom is 0.0974 e. The molecule has 5 heteroatoms. The van der Waals surface area contributed by atoms with Gasteiger partial charge in [0.05, 0.1) is 31.0 Å². The highest BCUT2D eigenvalue weighted by atomic mass is 16.3. The Morgan fingerprint density at radius 2 is 1.54 bits per heavy atom. The van der Waals surface area contributed by atoms with E-state index < -0.39 is 18.2 Å². The third-order valence-electron chi connectivity index (χ3n) is 5.18. The zero-order valence-corrected chi connectivity index (χ0v) is 15.4. The Bertz CT molecular complexity index is 303. The largest absolute Gasteiger partial charge is 0.395 e. The second-order valence-corrected chi connectivity index (χ2v) is 7.45. The highest BCUT2D eigenvalue weighted by Gasteiger charge is 2.35. The Morgan fingerprint density at radius 3 is 2.12 bits per heavy atom. The van der Waals surface area contributed by atoms with Crippen LogP contribution in [0.5, 0.6) is 0 Å². The van der Waals surface area contributed by atoms with Crippen molar-refractivity contribution < 1.29 is 20.4 Å². The molecule has 0 spiro atoms. The molecule has 0 bridgehead atoms. The maximum absolute atomic E-state index is 10.2. The average Bonchev–Trinajstić information content (AvgIpc) is 2.56. The number of aliphatic hydroxyl groups is 4. The van der Waals surface area contributed by atoms with Crippen molar-refractivity contribution in [3.63, 3.8) is 0 Å². The molecule has 144 valence electrons. The van der Waals surface area contributed by atoms with Gasteiger partial charge in [-0.25, -0.2) is 0 Å². The molecule has 0 saturated carbocycles. The van der Waals surface area contributed by atoms with E-state index in [0.717, 1.165) is 12.8 Å². The molecule has 1 unspecified atom stereocenters. The summed E-state index contributed by atoms with van der Waals surface area (Å²) < 4.78 is 0. The summed E-state index contributed by atoms with van der Waals surface area (Å²) in [5.41, 5.74) is 0. The van der Waals surface area contributed by atoms with Gasteiger partial charge in [-0.05, 0) is 19.3 Å². The number of rotatable bonds is 13. The van der Waals surface area contributed by atoms with Crippen LogP contribution in [-0.4, -0.2) is 57.4 Å². The quantitative estimate of drug-likeness (QED) is 0.330. The molecule has 0 aromatic heterocycles. The van der Waals surface area contributed by atoms with E-state index in [-0.39, 0.29) is 18.8 Å². The second kappa shape index (κ2) is 13.1. The summed E-state index contributed by atoms with van der Waals surface area (Å²) in [5.74, 6) is 0. The van der Waals surface area contributed by atoms with E-state index in [0.29, 0.717) is 12.8 Å². The fourth-order valence-corrected chi connectivity index (χ4v) is 3.63. The number of piperidine rings is 1. The van der Waals surface area contributed by atoms with E-state index >= 15 is 0 Å². The fraction of sp³-hybridized carbons (Fsp3) is 1.00. The first-order chi connectivity index (χ1) is 11.6. The molecule has 1 rings (SSSR count). The smallest absolute Gasteiger partial charge is 0.0974 e. The van der Waals surface area contributed by atoms with Gasteiger partial charge in [-0.15, -0.1) is 0 Å². The monoisotopic (exact) mass is 345 g/mol. The van der Waals surface area contributed by atoms with E-state index in [1.54, 1.807) is 0 Å². The molecule has 0 radical (unpaired) electrons. The standard InChI is InChI=1S/C19H39NO4/c1-2-3-4-5-6-7-8-9-10-11-16(22)12-15-13-18(23)19(24)17(14-21)20-15/h15-24H,2-14H2,1H3/t15-,16?,17+,18-,19-/m0/s1. The van der Waals surface area contributed by atoms with E-state index in [4.69, 9.17) is 0 Å². The summed E-state index contributed by atoms with van der Waals surface area (Å²) in [6, 6.07) is -0.548. The van der Waals surface area contributed by atoms with Crippen LogP contribution < -0.4 is 5.32 Å². The van der Waals surface area contributed by atoms with Gasteiger partial charge < -0.3 is 25.7 Å². The molecular formula is C19H39NO4. The lowest BCUT2D eigenvalue weighted by Gasteiger charge is -2.38. The van der Waals surface area contributed by atoms with Gasteiger partial charge >= 0.3 is 0 Å². The third kappa shape index (κ3) is 8.77. The summed E-state index contributed by atoms with van der Waals surface area (Å²) in [7, 11) is 0. The first-order valence-electron chi connectivity index (χ1n) is 9.99. The Balaban J connectivity index is 2.04. The maximum atomic E-state index is 10.2. The van der Waals surface area contributed by atoms with Gasteiger partial charge in [0.1, 0.15) is 0 Å². The molecule has 0 aromatic rings. The van der Waals surface area contributed by atoms with Crippen molar-refractivity contribution in [1.82, 2.24) is 5.32 Å². The number of hydrogen-bond donors (Lipinski definition) is 5. The van der Waals surface area contributed by atoms with E-state index in [9.17, 15) is 20.4 Å². The lowest BCUT2D eigenvalue weighted by Crippen LogP contribution is -2.59. The first-order valence-corrected chi connectivity index (χ1v) is 9.99. The van der Waals surface area contributed by atoms with Gasteiger partial charge in [0.25, 0.3) is 0 Å². The normalized spacial score (nSPS) is 28.9. The van der Waals surface area contributed by atoms with Crippen molar-refractivity contribution in [3.8, 4) is 0 Å². The van der Waals surface area contributed by atoms with E-state index in [1.807, 2.05) is 0 Å². The molecule has 1 saturated heterocycles. The molecule has 1 fully saturated rings. The summed E-state index contributed by atoms with van der Waals surface area (Å²) in [6.07, 6.45) is 11.1. The minimum atomic E-state index is -0.930. The van der Waals surface area contributed by atoms with Gasteiger partial charge in [0.15, 0.2) is 0 Å². The van der Waals surface area contributed by atoms with Crippen molar-refractivity contribution in [2.24, 2.45) is 0 Å². The van der Waals surface area contributed by atoms with Crippen LogP contribution in [-0.2, 0) is 0 Å². The van der Waals surface area contributed by atoms with Gasteiger partial charge in [-0.1, -0.05) is 64.7 Å². The molecule has 24 heavy (non-hydrogen) atoms. The lowest BCUT2D eigenvalue weighted by molar-refractivity contribution is -0.0559. The fourth-order valence-electron chi connectivity index (χ4n) is 3.63. The van der Waals surface area contributed by atoms with Crippen molar-refractivity contribution in [2.75, 3.05) is 6.61 Å². The summed E-state index contributed by atoms with van der Waals surface area (Å²) in [5, 5.41) is 42.1. The Morgan fingerprint density at radius 1 is 0.958 bits per heavy atom. The SMILES string of the molecule is CCCCCCCCCCCC(O)C[C@H]1C[C@H](O)[C@@H](O)[C@@H](CO)N1. The molecule has 1 aliphatic rings. The van der Waals surface area contributed by atoms with Crippen LogP contribution >= 0.6 is 0 Å². The minimum absolute atomic E-state index is 0.0471. The zero-order chi connectivity index (χ0) is 17.8. The number of aliphatic hydroxyl groups excluding tert-OH is 4. The van der Waals surface area contributed by atoms with E-state index in [2.05, 4.69) is 12.2 Å². The highest BCUT2D eigenvalue weighted by Crippen LogP contribution is 2.20. The number of hydrogen-bond acceptors (Lipinski definition) is 5. The molecule has 1 aliphatic heterocycles. The van der Waals surface area contributed by atoms with Gasteiger partial charge in [0.2, 0.25) is 0 Å². The molecule has 5 nitrogen and oxygen atoms in total. The molecule has 1 heterocycles. The van der Waals surface area contributed by atoms with Crippen LogP contribution in [0.1, 0.15) is 84.0 Å². The Kier molecular flexibility index (Phi) is 11.9. The Labute approximate surface area is 147 Å². The average molecular weight is 346 g/mol. The van der Waals surface area contributed by atoms with Crippen LogP contribution in [0.15, 0.2) is 0 Å². The predicted molar refractivity (Wildman–Crippen MR) is 96.9 cm³/mol. The summed E-state index contributed by atoms with van der Waals surface area (Å²) >= 11 is 0. The Hall–Kier alpha value is -0.200. The molecule has 0 amide bonds. The van der Waals surface area contributed by atoms with E-state index in [1.165, 1.54) is 51.4 Å². The van der Waals surface area contributed by atoms with Gasteiger partial charge in [-0.2, -0.15) is 0 Å². The molecular weight excluding hydrogens is 306 g/mol. The number of unbranched alkanes of at least 4 members (excludes halogenated alkanes) is 8. The van der Waals surface area contributed by atoms with Crippen molar-refractivity contribution in [3.05, 3.63) is 0 Å². The summed E-state index contributed by atoms with van der Waals surface area (Å²) in [4.78, 5) is 0. The second-order valence-electron chi connectivity index (χ2n) is 7.45.